The Kier molecular flexibility index (Phi) is 3.42. The quantitative estimate of drug-likeness (QED) is 0.617. The second kappa shape index (κ2) is 4.81. The highest BCUT2D eigenvalue weighted by atomic mass is 32.2. The van der Waals surface area contributed by atoms with E-state index < -0.39 is 5.54 Å². The van der Waals surface area contributed by atoms with E-state index in [-0.39, 0.29) is 0 Å². The van der Waals surface area contributed by atoms with Crippen molar-refractivity contribution in [3.05, 3.63) is 18.6 Å². The number of nitrogens with zero attached hydrogens (tertiary/aromatic N) is 3. The van der Waals surface area contributed by atoms with E-state index in [2.05, 4.69) is 21.4 Å². The summed E-state index contributed by atoms with van der Waals surface area (Å²) in [7, 11) is 1.86. The molecule has 4 nitrogen and oxygen atoms in total. The van der Waals surface area contributed by atoms with Gasteiger partial charge in [0.25, 0.3) is 0 Å². The zero-order chi connectivity index (χ0) is 11.4. The molecule has 1 unspecified atom stereocenters. The van der Waals surface area contributed by atoms with Crippen molar-refractivity contribution in [2.24, 2.45) is 5.92 Å². The lowest BCUT2D eigenvalue weighted by atomic mass is 9.98. The molecule has 1 aromatic rings. The van der Waals surface area contributed by atoms with Crippen LogP contribution in [0.3, 0.4) is 0 Å². The largest absolute Gasteiger partial charge is 0.302 e. The maximum absolute atomic E-state index is 9.31. The van der Waals surface area contributed by atoms with Crippen molar-refractivity contribution in [1.82, 2.24) is 15.3 Å². The van der Waals surface area contributed by atoms with Crippen molar-refractivity contribution in [3.63, 3.8) is 0 Å². The van der Waals surface area contributed by atoms with Gasteiger partial charge in [-0.2, -0.15) is 5.26 Å². The number of thioether (sulfide) groups is 1. The predicted molar refractivity (Wildman–Crippen MR) is 62.9 cm³/mol. The van der Waals surface area contributed by atoms with Crippen LogP contribution in [0.4, 0.5) is 0 Å². The minimum Gasteiger partial charge on any atom is -0.302 e. The predicted octanol–water partition coefficient (Wildman–Crippen LogP) is 1.46. The average Bonchev–Trinajstić information content (AvgIpc) is 3.17. The minimum atomic E-state index is -0.393. The second-order valence-electron chi connectivity index (χ2n) is 3.94. The molecule has 1 N–H and O–H groups in total. The average molecular weight is 234 g/mol. The van der Waals surface area contributed by atoms with Gasteiger partial charge in [0.15, 0.2) is 0 Å². The summed E-state index contributed by atoms with van der Waals surface area (Å²) in [5.74, 6) is 1.23. The van der Waals surface area contributed by atoms with Gasteiger partial charge in [-0.05, 0) is 31.9 Å². The van der Waals surface area contributed by atoms with Gasteiger partial charge in [-0.25, -0.2) is 9.97 Å². The first-order chi connectivity index (χ1) is 7.80. The van der Waals surface area contributed by atoms with Crippen LogP contribution >= 0.6 is 11.8 Å². The maximum Gasteiger partial charge on any atom is 0.118 e. The van der Waals surface area contributed by atoms with Gasteiger partial charge in [-0.3, -0.25) is 0 Å². The SMILES string of the molecule is CNC(C#N)(CSc1ccncn1)C1CC1. The van der Waals surface area contributed by atoms with Crippen LogP contribution in [0.1, 0.15) is 12.8 Å². The van der Waals surface area contributed by atoms with Crippen LogP contribution in [0, 0.1) is 17.2 Å². The Morgan fingerprint density at radius 3 is 3.00 bits per heavy atom. The molecule has 0 aliphatic heterocycles. The number of aromatic nitrogens is 2. The lowest BCUT2D eigenvalue weighted by Crippen LogP contribution is -2.46. The Bertz CT molecular complexity index is 385. The van der Waals surface area contributed by atoms with Gasteiger partial charge >= 0.3 is 0 Å². The molecular formula is C11H14N4S. The van der Waals surface area contributed by atoms with Crippen LogP contribution in [0.2, 0.25) is 0 Å². The van der Waals surface area contributed by atoms with Crippen molar-refractivity contribution in [3.8, 4) is 6.07 Å². The molecule has 0 spiro atoms. The van der Waals surface area contributed by atoms with Crippen molar-refractivity contribution in [2.45, 2.75) is 23.4 Å². The van der Waals surface area contributed by atoms with Gasteiger partial charge in [-0.1, -0.05) is 0 Å². The first-order valence-corrected chi connectivity index (χ1v) is 6.28. The lowest BCUT2D eigenvalue weighted by molar-refractivity contribution is 0.441. The number of hydrogen-bond acceptors (Lipinski definition) is 5. The van der Waals surface area contributed by atoms with Crippen LogP contribution in [0.15, 0.2) is 23.6 Å². The van der Waals surface area contributed by atoms with E-state index in [0.717, 1.165) is 23.6 Å². The molecule has 1 saturated carbocycles. The summed E-state index contributed by atoms with van der Waals surface area (Å²) in [5, 5.41) is 13.4. The summed E-state index contributed by atoms with van der Waals surface area (Å²) in [6.07, 6.45) is 5.56. The van der Waals surface area contributed by atoms with Crippen LogP contribution in [-0.2, 0) is 0 Å². The smallest absolute Gasteiger partial charge is 0.118 e. The van der Waals surface area contributed by atoms with Crippen molar-refractivity contribution >= 4 is 11.8 Å². The summed E-state index contributed by atoms with van der Waals surface area (Å²) in [6, 6.07) is 4.29. The second-order valence-corrected chi connectivity index (χ2v) is 4.94. The van der Waals surface area contributed by atoms with E-state index in [4.69, 9.17) is 0 Å². The molecule has 0 bridgehead atoms. The van der Waals surface area contributed by atoms with Gasteiger partial charge in [-0.15, -0.1) is 11.8 Å². The third-order valence-corrected chi connectivity index (χ3v) is 4.06. The van der Waals surface area contributed by atoms with Crippen molar-refractivity contribution in [1.29, 1.82) is 5.26 Å². The molecule has 1 fully saturated rings. The molecule has 84 valence electrons. The molecular weight excluding hydrogens is 220 g/mol. The molecule has 0 radical (unpaired) electrons. The summed E-state index contributed by atoms with van der Waals surface area (Å²) < 4.78 is 0. The summed E-state index contributed by atoms with van der Waals surface area (Å²) in [4.78, 5) is 8.02. The summed E-state index contributed by atoms with van der Waals surface area (Å²) >= 11 is 1.61. The fourth-order valence-corrected chi connectivity index (χ4v) is 2.80. The third kappa shape index (κ3) is 2.34. The molecule has 0 saturated heterocycles. The summed E-state index contributed by atoms with van der Waals surface area (Å²) in [6.45, 7) is 0. The lowest BCUT2D eigenvalue weighted by Gasteiger charge is -2.25. The highest BCUT2D eigenvalue weighted by Crippen LogP contribution is 2.41. The third-order valence-electron chi connectivity index (χ3n) is 2.92. The number of rotatable bonds is 5. The van der Waals surface area contributed by atoms with Gasteiger partial charge in [0.2, 0.25) is 0 Å². The van der Waals surface area contributed by atoms with E-state index in [1.165, 1.54) is 6.33 Å². The monoisotopic (exact) mass is 234 g/mol. The highest BCUT2D eigenvalue weighted by molar-refractivity contribution is 7.99. The molecule has 1 aromatic heterocycles. The molecule has 16 heavy (non-hydrogen) atoms. The van der Waals surface area contributed by atoms with E-state index in [9.17, 15) is 5.26 Å². The van der Waals surface area contributed by atoms with Crippen molar-refractivity contribution < 1.29 is 0 Å². The zero-order valence-corrected chi connectivity index (χ0v) is 10.00. The molecule has 0 amide bonds. The van der Waals surface area contributed by atoms with Crippen LogP contribution in [-0.4, -0.2) is 28.3 Å². The number of nitrogens with one attached hydrogen (secondary N) is 1. The van der Waals surface area contributed by atoms with E-state index in [1.807, 2.05) is 13.1 Å². The summed E-state index contributed by atoms with van der Waals surface area (Å²) in [5.41, 5.74) is -0.393. The minimum absolute atomic E-state index is 0.393. The van der Waals surface area contributed by atoms with Gasteiger partial charge in [0.1, 0.15) is 11.9 Å². The molecule has 1 heterocycles. The van der Waals surface area contributed by atoms with Crippen molar-refractivity contribution in [2.75, 3.05) is 12.8 Å². The maximum atomic E-state index is 9.31. The zero-order valence-electron chi connectivity index (χ0n) is 9.18. The van der Waals surface area contributed by atoms with Gasteiger partial charge in [0.05, 0.1) is 11.1 Å². The Morgan fingerprint density at radius 2 is 2.50 bits per heavy atom. The highest BCUT2D eigenvalue weighted by Gasteiger charge is 2.44. The van der Waals surface area contributed by atoms with Crippen LogP contribution < -0.4 is 5.32 Å². The molecule has 5 heteroatoms. The fourth-order valence-electron chi connectivity index (χ4n) is 1.70. The van der Waals surface area contributed by atoms with Crippen LogP contribution in [0.5, 0.6) is 0 Å². The van der Waals surface area contributed by atoms with E-state index in [0.29, 0.717) is 5.92 Å². The molecule has 0 aromatic carbocycles. The molecule has 1 aliphatic rings. The standard InChI is InChI=1S/C11H14N4S/c1-13-11(6-12,9-2-3-9)7-16-10-4-5-14-8-15-10/h4-5,8-9,13H,2-3,7H2,1H3. The molecule has 2 rings (SSSR count). The van der Waals surface area contributed by atoms with Crippen LogP contribution in [0.25, 0.3) is 0 Å². The van der Waals surface area contributed by atoms with E-state index in [1.54, 1.807) is 18.0 Å². The Labute approximate surface area is 99.5 Å². The van der Waals surface area contributed by atoms with Gasteiger partial charge < -0.3 is 5.32 Å². The Hall–Kier alpha value is -1.12. The Balaban J connectivity index is 2.00. The van der Waals surface area contributed by atoms with Gasteiger partial charge in [0, 0.05) is 11.9 Å². The first-order valence-electron chi connectivity index (χ1n) is 5.30. The topological polar surface area (TPSA) is 61.6 Å². The first kappa shape index (κ1) is 11.4. The molecule has 1 atom stereocenters. The fraction of sp³-hybridized carbons (Fsp3) is 0.545. The number of nitriles is 1. The normalized spacial score (nSPS) is 18.8. The number of hydrogen-bond donors (Lipinski definition) is 1. The molecule has 1 aliphatic carbocycles. The van der Waals surface area contributed by atoms with E-state index >= 15 is 0 Å². The Morgan fingerprint density at radius 1 is 1.69 bits per heavy atom.